The Labute approximate surface area is 100 Å². The quantitative estimate of drug-likeness (QED) is 0.886. The van der Waals surface area contributed by atoms with E-state index in [9.17, 15) is 8.42 Å². The number of nitrogens with one attached hydrogen (secondary N) is 1. The second-order valence-electron chi connectivity index (χ2n) is 4.16. The molecule has 0 amide bonds. The van der Waals surface area contributed by atoms with E-state index in [0.717, 1.165) is 30.1 Å². The van der Waals surface area contributed by atoms with E-state index in [1.54, 1.807) is 11.3 Å². The van der Waals surface area contributed by atoms with Gasteiger partial charge in [-0.05, 0) is 19.9 Å². The summed E-state index contributed by atoms with van der Waals surface area (Å²) in [5.74, 6) is 0.743. The Morgan fingerprint density at radius 1 is 1.62 bits per heavy atom. The smallest absolute Gasteiger partial charge is 0.151 e. The van der Waals surface area contributed by atoms with Crippen LogP contribution in [0, 0.1) is 0 Å². The molecule has 1 aliphatic heterocycles. The molecule has 1 aliphatic rings. The first-order chi connectivity index (χ1) is 7.61. The molecule has 0 spiro atoms. The first-order valence-corrected chi connectivity index (χ1v) is 8.10. The van der Waals surface area contributed by atoms with Crippen LogP contribution in [0.2, 0.25) is 0 Å². The topological polar surface area (TPSA) is 59.1 Å². The molecule has 0 aromatic carbocycles. The highest BCUT2D eigenvalue weighted by atomic mass is 32.2. The zero-order valence-corrected chi connectivity index (χ0v) is 10.9. The van der Waals surface area contributed by atoms with Gasteiger partial charge in [0.2, 0.25) is 0 Å². The van der Waals surface area contributed by atoms with Crippen molar-refractivity contribution >= 4 is 21.2 Å². The number of nitrogens with zero attached hydrogens (tertiary/aromatic N) is 1. The van der Waals surface area contributed by atoms with Crippen LogP contribution in [-0.2, 0) is 16.4 Å². The van der Waals surface area contributed by atoms with Gasteiger partial charge < -0.3 is 5.32 Å². The summed E-state index contributed by atoms with van der Waals surface area (Å²) in [4.78, 5) is 4.48. The maximum atomic E-state index is 11.5. The van der Waals surface area contributed by atoms with Gasteiger partial charge in [-0.2, -0.15) is 0 Å². The zero-order valence-electron chi connectivity index (χ0n) is 9.27. The van der Waals surface area contributed by atoms with Crippen LogP contribution in [0.1, 0.15) is 29.5 Å². The van der Waals surface area contributed by atoms with Gasteiger partial charge in [0.25, 0.3) is 0 Å². The summed E-state index contributed by atoms with van der Waals surface area (Å²) >= 11 is 1.58. The van der Waals surface area contributed by atoms with Gasteiger partial charge in [-0.15, -0.1) is 11.3 Å². The number of sulfone groups is 1. The minimum Gasteiger partial charge on any atom is -0.314 e. The Bertz CT molecular complexity index is 453. The van der Waals surface area contributed by atoms with Crippen LogP contribution in [-0.4, -0.2) is 32.0 Å². The second kappa shape index (κ2) is 4.81. The monoisotopic (exact) mass is 260 g/mol. The number of aromatic nitrogens is 1. The normalized spacial score (nSPS) is 24.4. The van der Waals surface area contributed by atoms with E-state index in [2.05, 4.69) is 10.3 Å². The summed E-state index contributed by atoms with van der Waals surface area (Å²) in [6, 6.07) is 0. The van der Waals surface area contributed by atoms with Gasteiger partial charge in [0.1, 0.15) is 0 Å². The minimum absolute atomic E-state index is 0.120. The highest BCUT2D eigenvalue weighted by Gasteiger charge is 2.27. The van der Waals surface area contributed by atoms with Gasteiger partial charge in [-0.3, -0.25) is 0 Å². The van der Waals surface area contributed by atoms with Gasteiger partial charge in [-0.1, -0.05) is 0 Å². The Balaban J connectivity index is 2.11. The van der Waals surface area contributed by atoms with Crippen LogP contribution in [0.3, 0.4) is 0 Å². The fourth-order valence-corrected chi connectivity index (χ4v) is 4.76. The van der Waals surface area contributed by atoms with E-state index >= 15 is 0 Å². The van der Waals surface area contributed by atoms with E-state index in [4.69, 9.17) is 0 Å². The molecule has 0 aliphatic carbocycles. The molecule has 1 fully saturated rings. The van der Waals surface area contributed by atoms with Crippen LogP contribution in [0.15, 0.2) is 5.38 Å². The molecule has 90 valence electrons. The van der Waals surface area contributed by atoms with Crippen LogP contribution in [0.5, 0.6) is 0 Å². The average Bonchev–Trinajstić information content (AvgIpc) is 2.65. The summed E-state index contributed by atoms with van der Waals surface area (Å²) in [6.45, 7) is 0.746. The fraction of sp³-hybridized carbons (Fsp3) is 0.700. The maximum Gasteiger partial charge on any atom is 0.151 e. The molecule has 1 atom stereocenters. The molecular formula is C10H16N2O2S2. The number of rotatable bonds is 3. The standard InChI is InChI=1S/C10H16N2O2S2/c1-11-5-9-6-15-10(12-9)8-3-2-4-16(13,14)7-8/h6,8,11H,2-5,7H2,1H3. The van der Waals surface area contributed by atoms with Gasteiger partial charge in [0, 0.05) is 17.8 Å². The Morgan fingerprint density at radius 2 is 2.44 bits per heavy atom. The molecule has 2 rings (SSSR count). The average molecular weight is 260 g/mol. The molecule has 1 saturated heterocycles. The third-order valence-electron chi connectivity index (χ3n) is 2.74. The van der Waals surface area contributed by atoms with E-state index in [0.29, 0.717) is 5.75 Å². The number of hydrogen-bond acceptors (Lipinski definition) is 5. The summed E-state index contributed by atoms with van der Waals surface area (Å²) in [5.41, 5.74) is 1.01. The first-order valence-electron chi connectivity index (χ1n) is 5.40. The van der Waals surface area contributed by atoms with Gasteiger partial charge in [-0.25, -0.2) is 13.4 Å². The predicted octanol–water partition coefficient (Wildman–Crippen LogP) is 1.15. The lowest BCUT2D eigenvalue weighted by atomic mass is 10.1. The highest BCUT2D eigenvalue weighted by molar-refractivity contribution is 7.91. The fourth-order valence-electron chi connectivity index (χ4n) is 1.99. The summed E-state index contributed by atoms with van der Waals surface area (Å²) < 4.78 is 23.1. The molecular weight excluding hydrogens is 244 g/mol. The van der Waals surface area contributed by atoms with Crippen molar-refractivity contribution in [1.29, 1.82) is 0 Å². The molecule has 4 nitrogen and oxygen atoms in total. The lowest BCUT2D eigenvalue weighted by Gasteiger charge is -2.19. The molecule has 1 unspecified atom stereocenters. The maximum absolute atomic E-state index is 11.5. The Kier molecular flexibility index (Phi) is 3.61. The van der Waals surface area contributed by atoms with E-state index < -0.39 is 9.84 Å². The van der Waals surface area contributed by atoms with Crippen molar-refractivity contribution < 1.29 is 8.42 Å². The lowest BCUT2D eigenvalue weighted by Crippen LogP contribution is -2.23. The van der Waals surface area contributed by atoms with Gasteiger partial charge in [0.05, 0.1) is 22.2 Å². The molecule has 0 radical (unpaired) electrons. The summed E-state index contributed by atoms with van der Waals surface area (Å²) in [6.07, 6.45) is 1.72. The first kappa shape index (κ1) is 12.0. The molecule has 1 N–H and O–H groups in total. The molecule has 0 saturated carbocycles. The third-order valence-corrected chi connectivity index (χ3v) is 5.62. The van der Waals surface area contributed by atoms with Crippen molar-refractivity contribution in [3.63, 3.8) is 0 Å². The minimum atomic E-state index is -2.83. The molecule has 1 aromatic heterocycles. The predicted molar refractivity (Wildman–Crippen MR) is 65.5 cm³/mol. The van der Waals surface area contributed by atoms with Crippen molar-refractivity contribution in [3.8, 4) is 0 Å². The SMILES string of the molecule is CNCc1csc(C2CCCS(=O)(=O)C2)n1. The Hall–Kier alpha value is -0.460. The van der Waals surface area contributed by atoms with Crippen molar-refractivity contribution in [3.05, 3.63) is 16.1 Å². The highest BCUT2D eigenvalue weighted by Crippen LogP contribution is 2.30. The molecule has 16 heavy (non-hydrogen) atoms. The lowest BCUT2D eigenvalue weighted by molar-refractivity contribution is 0.552. The van der Waals surface area contributed by atoms with E-state index in [-0.39, 0.29) is 11.7 Å². The van der Waals surface area contributed by atoms with Crippen LogP contribution >= 0.6 is 11.3 Å². The Morgan fingerprint density at radius 3 is 3.12 bits per heavy atom. The van der Waals surface area contributed by atoms with Crippen LogP contribution in [0.4, 0.5) is 0 Å². The molecule has 1 aromatic rings. The molecule has 0 bridgehead atoms. The van der Waals surface area contributed by atoms with Gasteiger partial charge in [0.15, 0.2) is 9.84 Å². The van der Waals surface area contributed by atoms with Gasteiger partial charge >= 0.3 is 0 Å². The van der Waals surface area contributed by atoms with Crippen molar-refractivity contribution in [2.24, 2.45) is 0 Å². The second-order valence-corrected chi connectivity index (χ2v) is 7.28. The largest absolute Gasteiger partial charge is 0.314 e. The van der Waals surface area contributed by atoms with E-state index in [1.165, 1.54) is 0 Å². The third kappa shape index (κ3) is 2.81. The van der Waals surface area contributed by atoms with Crippen molar-refractivity contribution in [1.82, 2.24) is 10.3 Å². The van der Waals surface area contributed by atoms with Crippen LogP contribution < -0.4 is 5.32 Å². The van der Waals surface area contributed by atoms with Crippen molar-refractivity contribution in [2.75, 3.05) is 18.6 Å². The summed E-state index contributed by atoms with van der Waals surface area (Å²) in [7, 11) is -0.953. The van der Waals surface area contributed by atoms with E-state index in [1.807, 2.05) is 12.4 Å². The zero-order chi connectivity index (χ0) is 11.6. The van der Waals surface area contributed by atoms with Crippen molar-refractivity contribution in [2.45, 2.75) is 25.3 Å². The molecule has 6 heteroatoms. The number of thiazole rings is 1. The van der Waals surface area contributed by atoms with Crippen LogP contribution in [0.25, 0.3) is 0 Å². The summed E-state index contributed by atoms with van der Waals surface area (Å²) in [5, 5.41) is 6.03. The molecule has 2 heterocycles. The number of hydrogen-bond donors (Lipinski definition) is 1.